The lowest BCUT2D eigenvalue weighted by molar-refractivity contribution is -0.135. The summed E-state index contributed by atoms with van der Waals surface area (Å²) in [5.74, 6) is 0.987. The quantitative estimate of drug-likeness (QED) is 0.128. The lowest BCUT2D eigenvalue weighted by Gasteiger charge is -2.30. The Bertz CT molecular complexity index is 2470. The first-order valence-electron chi connectivity index (χ1n) is 18.9. The molecule has 0 radical (unpaired) electrons. The van der Waals surface area contributed by atoms with Crippen LogP contribution in [0.25, 0.3) is 44.5 Å². The number of hydrogen-bond acceptors (Lipinski definition) is 9. The van der Waals surface area contributed by atoms with Gasteiger partial charge < -0.3 is 34.1 Å². The van der Waals surface area contributed by atoms with Crippen molar-refractivity contribution in [3.8, 4) is 22.5 Å². The molecule has 288 valence electrons. The van der Waals surface area contributed by atoms with Gasteiger partial charge in [-0.05, 0) is 67.5 Å². The first kappa shape index (κ1) is 36.5. The maximum absolute atomic E-state index is 13.8. The average molecular weight is 758 g/mol. The van der Waals surface area contributed by atoms with Crippen molar-refractivity contribution < 1.29 is 28.3 Å². The van der Waals surface area contributed by atoms with E-state index in [1.54, 1.807) is 40.4 Å². The molecule has 6 aromatic rings. The number of aromatic nitrogens is 4. The molecule has 8 rings (SSSR count). The van der Waals surface area contributed by atoms with Gasteiger partial charge in [-0.15, -0.1) is 0 Å². The predicted octanol–water partition coefficient (Wildman–Crippen LogP) is 7.24. The average Bonchev–Trinajstić information content (AvgIpc) is 4.06. The van der Waals surface area contributed by atoms with Crippen LogP contribution in [-0.2, 0) is 20.9 Å². The van der Waals surface area contributed by atoms with Crippen LogP contribution >= 0.6 is 0 Å². The molecular weight excluding hydrogens is 715 g/mol. The Kier molecular flexibility index (Phi) is 10.0. The van der Waals surface area contributed by atoms with Crippen molar-refractivity contribution in [2.24, 2.45) is 5.92 Å². The van der Waals surface area contributed by atoms with Crippen molar-refractivity contribution in [1.82, 2.24) is 35.1 Å². The number of fused-ring (bicyclic) bond motifs is 2. The van der Waals surface area contributed by atoms with Gasteiger partial charge in [0.1, 0.15) is 35.5 Å². The number of benzene rings is 3. The molecule has 5 heterocycles. The number of rotatable bonds is 9. The number of nitrogens with one attached hydrogen (secondary N) is 3. The van der Waals surface area contributed by atoms with Gasteiger partial charge in [-0.2, -0.15) is 0 Å². The lowest BCUT2D eigenvalue weighted by Crippen LogP contribution is -2.51. The minimum Gasteiger partial charge on any atom is -0.456 e. The van der Waals surface area contributed by atoms with E-state index in [4.69, 9.17) is 13.9 Å². The summed E-state index contributed by atoms with van der Waals surface area (Å²) in [6.07, 6.45) is 5.54. The molecule has 14 nitrogen and oxygen atoms in total. The number of methoxy groups -OCH3 is 1. The van der Waals surface area contributed by atoms with Crippen LogP contribution in [-0.4, -0.2) is 74.1 Å². The number of H-pyrrole nitrogens is 2. The Balaban J connectivity index is 0.995. The van der Waals surface area contributed by atoms with Crippen LogP contribution in [0, 0.1) is 5.92 Å². The van der Waals surface area contributed by atoms with E-state index in [1.165, 1.54) is 7.11 Å². The van der Waals surface area contributed by atoms with Crippen molar-refractivity contribution in [3.63, 3.8) is 0 Å². The molecule has 0 saturated carbocycles. The smallest absolute Gasteiger partial charge is 0.410 e. The standard InChI is InChI=1S/C42H43N7O7/c1-24(2)36(47-41(52)54-3)40(51)48-17-7-11-32(48)38-43-22-31(46-38)27-13-15-28-35(20-27)56-34-16-14-26(19-29(34)37(28)50)30-21-44-39(45-30)33-12-8-18-49(33)42(53)55-23-25-9-5-4-6-10-25/h4-6,9-10,13-16,19-22,24,32-33,36H,7-8,11-12,17-18,23H2,1-3H3,(H,43,46)(H,44,45)(H,47,52)/t32-,33-,36-/m0/s1. The van der Waals surface area contributed by atoms with E-state index >= 15 is 0 Å². The summed E-state index contributed by atoms with van der Waals surface area (Å²) in [6, 6.07) is 19.2. The monoisotopic (exact) mass is 757 g/mol. The number of imidazole rings is 2. The highest BCUT2D eigenvalue weighted by Crippen LogP contribution is 2.35. The van der Waals surface area contributed by atoms with Gasteiger partial charge in [-0.3, -0.25) is 14.5 Å². The van der Waals surface area contributed by atoms with Gasteiger partial charge in [0.2, 0.25) is 11.3 Å². The van der Waals surface area contributed by atoms with E-state index in [0.717, 1.165) is 48.1 Å². The summed E-state index contributed by atoms with van der Waals surface area (Å²) in [7, 11) is 1.27. The number of hydrogen-bond donors (Lipinski definition) is 3. The molecule has 3 amide bonds. The van der Waals surface area contributed by atoms with Gasteiger partial charge in [-0.1, -0.05) is 50.2 Å². The van der Waals surface area contributed by atoms with E-state index in [1.807, 2.05) is 62.4 Å². The number of nitrogens with zero attached hydrogens (tertiary/aromatic N) is 4. The maximum Gasteiger partial charge on any atom is 0.410 e. The van der Waals surface area contributed by atoms with Gasteiger partial charge in [0.25, 0.3) is 0 Å². The van der Waals surface area contributed by atoms with E-state index in [9.17, 15) is 19.2 Å². The maximum atomic E-state index is 13.8. The number of ether oxygens (including phenoxy) is 2. The summed E-state index contributed by atoms with van der Waals surface area (Å²) in [6.45, 7) is 5.09. The van der Waals surface area contributed by atoms with Crippen LogP contribution in [0.3, 0.4) is 0 Å². The number of carbonyl (C=O) groups excluding carboxylic acids is 3. The molecule has 3 aromatic heterocycles. The van der Waals surface area contributed by atoms with Crippen molar-refractivity contribution in [3.05, 3.63) is 107 Å². The molecule has 56 heavy (non-hydrogen) atoms. The van der Waals surface area contributed by atoms with Crippen molar-refractivity contribution in [2.75, 3.05) is 20.2 Å². The number of aromatic amines is 2. The summed E-state index contributed by atoms with van der Waals surface area (Å²) in [4.78, 5) is 71.9. The zero-order valence-electron chi connectivity index (χ0n) is 31.4. The minimum absolute atomic E-state index is 0.138. The fourth-order valence-electron chi connectivity index (χ4n) is 7.76. The zero-order valence-corrected chi connectivity index (χ0v) is 31.4. The summed E-state index contributed by atoms with van der Waals surface area (Å²) in [5, 5.41) is 3.54. The fourth-order valence-corrected chi connectivity index (χ4v) is 7.76. The summed E-state index contributed by atoms with van der Waals surface area (Å²) < 4.78 is 16.7. The normalized spacial score (nSPS) is 17.5. The second-order valence-electron chi connectivity index (χ2n) is 14.7. The fraction of sp³-hybridized carbons (Fsp3) is 0.333. The molecule has 0 spiro atoms. The van der Waals surface area contributed by atoms with E-state index in [0.29, 0.717) is 52.4 Å². The van der Waals surface area contributed by atoms with Crippen LogP contribution in [0.1, 0.15) is 68.8 Å². The highest BCUT2D eigenvalue weighted by Gasteiger charge is 2.38. The molecule has 14 heteroatoms. The van der Waals surface area contributed by atoms with Gasteiger partial charge in [0.05, 0.1) is 53.7 Å². The summed E-state index contributed by atoms with van der Waals surface area (Å²) >= 11 is 0. The third-order valence-electron chi connectivity index (χ3n) is 10.7. The Morgan fingerprint density at radius 2 is 1.48 bits per heavy atom. The molecular formula is C42H43N7O7. The molecule has 2 saturated heterocycles. The molecule has 0 aliphatic carbocycles. The Hall–Kier alpha value is -6.44. The molecule has 2 aliphatic heterocycles. The highest BCUT2D eigenvalue weighted by molar-refractivity contribution is 5.93. The van der Waals surface area contributed by atoms with E-state index in [2.05, 4.69) is 25.3 Å². The van der Waals surface area contributed by atoms with Crippen LogP contribution in [0.15, 0.2) is 88.3 Å². The van der Waals surface area contributed by atoms with Crippen LogP contribution in [0.2, 0.25) is 0 Å². The molecule has 3 aromatic carbocycles. The number of likely N-dealkylation sites (tertiary alicyclic amines) is 2. The molecule has 0 bridgehead atoms. The number of carbonyl (C=O) groups is 3. The topological polar surface area (TPSA) is 176 Å². The summed E-state index contributed by atoms with van der Waals surface area (Å²) in [5.41, 5.74) is 4.61. The van der Waals surface area contributed by atoms with E-state index in [-0.39, 0.29) is 42.0 Å². The number of amides is 3. The van der Waals surface area contributed by atoms with Gasteiger partial charge >= 0.3 is 12.2 Å². The third-order valence-corrected chi connectivity index (χ3v) is 10.7. The van der Waals surface area contributed by atoms with Gasteiger partial charge in [-0.25, -0.2) is 19.6 Å². The molecule has 0 unspecified atom stereocenters. The Labute approximate surface area is 322 Å². The Morgan fingerprint density at radius 1 is 0.839 bits per heavy atom. The second-order valence-corrected chi connectivity index (χ2v) is 14.7. The predicted molar refractivity (Wildman–Crippen MR) is 208 cm³/mol. The SMILES string of the molecule is COC(=O)N[C@H](C(=O)N1CCC[C@H]1c1ncc(-c2ccc3c(=O)c4cc(-c5cnc([C@@H]6CCCN6C(=O)OCc6ccccc6)[nH]5)ccc4oc3c2)[nH]1)C(C)C. The van der Waals surface area contributed by atoms with E-state index < -0.39 is 12.1 Å². The first-order chi connectivity index (χ1) is 27.2. The largest absolute Gasteiger partial charge is 0.456 e. The second kappa shape index (κ2) is 15.4. The minimum atomic E-state index is -0.727. The number of alkyl carbamates (subject to hydrolysis) is 1. The van der Waals surface area contributed by atoms with Crippen molar-refractivity contribution >= 4 is 40.0 Å². The first-order valence-corrected chi connectivity index (χ1v) is 18.9. The van der Waals surface area contributed by atoms with Crippen LogP contribution in [0.5, 0.6) is 0 Å². The van der Waals surface area contributed by atoms with Gasteiger partial charge in [0.15, 0.2) is 0 Å². The van der Waals surface area contributed by atoms with Crippen molar-refractivity contribution in [2.45, 2.75) is 64.3 Å². The van der Waals surface area contributed by atoms with Crippen LogP contribution in [0.4, 0.5) is 9.59 Å². The van der Waals surface area contributed by atoms with Crippen molar-refractivity contribution in [1.29, 1.82) is 0 Å². The molecule has 2 aliphatic rings. The Morgan fingerprint density at radius 3 is 2.16 bits per heavy atom. The molecule has 2 fully saturated rings. The zero-order chi connectivity index (χ0) is 38.9. The lowest BCUT2D eigenvalue weighted by atomic mass is 10.0. The highest BCUT2D eigenvalue weighted by atomic mass is 16.6. The van der Waals surface area contributed by atoms with Crippen LogP contribution < -0.4 is 10.7 Å². The molecule has 3 atom stereocenters. The van der Waals surface area contributed by atoms with Gasteiger partial charge in [0, 0.05) is 24.2 Å². The third kappa shape index (κ3) is 7.09. The molecule has 3 N–H and O–H groups in total.